The molecule has 152 valence electrons. The van der Waals surface area contributed by atoms with Gasteiger partial charge in [-0.25, -0.2) is 4.79 Å². The minimum Gasteiger partial charge on any atom is -0.423 e. The summed E-state index contributed by atoms with van der Waals surface area (Å²) in [6.07, 6.45) is 0.859. The predicted octanol–water partition coefficient (Wildman–Crippen LogP) is 3.16. The number of rotatable bonds is 6. The van der Waals surface area contributed by atoms with Crippen molar-refractivity contribution in [3.05, 3.63) is 88.3 Å². The number of para-hydroxylation sites is 1. The Morgan fingerprint density at radius 1 is 1.00 bits per heavy atom. The summed E-state index contributed by atoms with van der Waals surface area (Å²) in [6, 6.07) is 21.2. The van der Waals surface area contributed by atoms with Gasteiger partial charge in [0.05, 0.1) is 7.05 Å². The second-order valence-electron chi connectivity index (χ2n) is 7.62. The second kappa shape index (κ2) is 8.51. The summed E-state index contributed by atoms with van der Waals surface area (Å²) in [5, 5.41) is 6.08. The van der Waals surface area contributed by atoms with Crippen molar-refractivity contribution in [2.24, 2.45) is 0 Å². The van der Waals surface area contributed by atoms with E-state index in [1.165, 1.54) is 0 Å². The number of carbonyl (C=O) groups is 1. The minimum atomic E-state index is -0.373. The van der Waals surface area contributed by atoms with Gasteiger partial charge in [-0.1, -0.05) is 55.5 Å². The normalized spacial score (nSPS) is 12.2. The summed E-state index contributed by atoms with van der Waals surface area (Å²) >= 11 is 0. The quantitative estimate of drug-likeness (QED) is 0.385. The van der Waals surface area contributed by atoms with Crippen molar-refractivity contribution in [1.29, 1.82) is 0 Å². The Morgan fingerprint density at radius 3 is 2.60 bits per heavy atom. The molecule has 0 fully saturated rings. The van der Waals surface area contributed by atoms with Crippen molar-refractivity contribution in [1.82, 2.24) is 0 Å². The Morgan fingerprint density at radius 2 is 1.77 bits per heavy atom. The van der Waals surface area contributed by atoms with Crippen LogP contribution in [0.1, 0.15) is 18.1 Å². The van der Waals surface area contributed by atoms with Crippen molar-refractivity contribution in [3.8, 4) is 0 Å². The largest absolute Gasteiger partial charge is 0.423 e. The van der Waals surface area contributed by atoms with Gasteiger partial charge in [-0.3, -0.25) is 4.79 Å². The molecule has 0 radical (unpaired) electrons. The molecule has 0 aliphatic heterocycles. The maximum absolute atomic E-state index is 12.6. The molecule has 0 saturated heterocycles. The first-order valence-corrected chi connectivity index (χ1v) is 10.2. The van der Waals surface area contributed by atoms with Gasteiger partial charge in [0, 0.05) is 22.7 Å². The maximum Gasteiger partial charge on any atom is 0.336 e. The molecule has 0 saturated carbocycles. The Balaban J connectivity index is 1.58. The Kier molecular flexibility index (Phi) is 5.63. The average Bonchev–Trinajstić information content (AvgIpc) is 2.73. The molecule has 1 unspecified atom stereocenters. The van der Waals surface area contributed by atoms with E-state index in [0.717, 1.165) is 44.3 Å². The second-order valence-corrected chi connectivity index (χ2v) is 7.62. The first kappa shape index (κ1) is 19.9. The van der Waals surface area contributed by atoms with Crippen LogP contribution in [-0.2, 0) is 17.8 Å². The number of carbonyl (C=O) groups excluding carboxylic acids is 1. The number of likely N-dealkylation sites (N-methyl/N-ethyl adjacent to an activating group) is 1. The molecule has 0 aliphatic rings. The third-order valence-corrected chi connectivity index (χ3v) is 5.34. The molecule has 5 heteroatoms. The van der Waals surface area contributed by atoms with Crippen LogP contribution in [0.5, 0.6) is 0 Å². The molecule has 0 aliphatic carbocycles. The van der Waals surface area contributed by atoms with Crippen LogP contribution in [0.4, 0.5) is 5.69 Å². The van der Waals surface area contributed by atoms with Crippen molar-refractivity contribution in [3.63, 3.8) is 0 Å². The maximum atomic E-state index is 12.6. The number of nitrogens with one attached hydrogen (secondary N) is 2. The molecule has 2 N–H and O–H groups in total. The number of hydrogen-bond acceptors (Lipinski definition) is 3. The van der Waals surface area contributed by atoms with E-state index in [4.69, 9.17) is 4.42 Å². The van der Waals surface area contributed by atoms with Gasteiger partial charge in [-0.2, -0.15) is 0 Å². The standard InChI is InChI=1S/C25H24N2O3/c1-3-17-8-5-7-11-21(17)26-23(28)16-27(2)15-19-14-24(29)30-22-13-12-18-9-4-6-10-20(18)25(19)22/h4-14H,3,15-16H2,1-2H3,(H,26,28)/p+1. The molecular weight excluding hydrogens is 376 g/mol. The summed E-state index contributed by atoms with van der Waals surface area (Å²) in [5.74, 6) is -0.0504. The van der Waals surface area contributed by atoms with Crippen molar-refractivity contribution >= 4 is 33.3 Å². The number of anilines is 1. The van der Waals surface area contributed by atoms with Gasteiger partial charge in [0.2, 0.25) is 0 Å². The first-order valence-electron chi connectivity index (χ1n) is 10.2. The zero-order valence-corrected chi connectivity index (χ0v) is 17.2. The van der Waals surface area contributed by atoms with Crippen LogP contribution in [0, 0.1) is 0 Å². The lowest BCUT2D eigenvalue weighted by molar-refractivity contribution is -0.885. The van der Waals surface area contributed by atoms with E-state index in [1.54, 1.807) is 6.07 Å². The summed E-state index contributed by atoms with van der Waals surface area (Å²) in [5.41, 5.74) is 3.06. The third-order valence-electron chi connectivity index (χ3n) is 5.34. The highest BCUT2D eigenvalue weighted by molar-refractivity contribution is 6.07. The fourth-order valence-electron chi connectivity index (χ4n) is 3.97. The van der Waals surface area contributed by atoms with Gasteiger partial charge in [-0.15, -0.1) is 0 Å². The van der Waals surface area contributed by atoms with Gasteiger partial charge >= 0.3 is 5.63 Å². The highest BCUT2D eigenvalue weighted by Crippen LogP contribution is 2.27. The molecule has 1 aromatic heterocycles. The molecule has 0 bridgehead atoms. The van der Waals surface area contributed by atoms with E-state index in [9.17, 15) is 9.59 Å². The van der Waals surface area contributed by atoms with Gasteiger partial charge in [0.1, 0.15) is 12.1 Å². The number of hydrogen-bond donors (Lipinski definition) is 2. The van der Waals surface area contributed by atoms with Crippen molar-refractivity contribution < 1.29 is 14.1 Å². The lowest BCUT2D eigenvalue weighted by Gasteiger charge is -2.16. The lowest BCUT2D eigenvalue weighted by Crippen LogP contribution is -3.08. The van der Waals surface area contributed by atoms with Gasteiger partial charge in [0.15, 0.2) is 6.54 Å². The number of fused-ring (bicyclic) bond motifs is 3. The van der Waals surface area contributed by atoms with E-state index in [2.05, 4.69) is 12.2 Å². The van der Waals surface area contributed by atoms with Gasteiger partial charge in [-0.05, 0) is 34.9 Å². The number of amides is 1. The highest BCUT2D eigenvalue weighted by atomic mass is 16.4. The Labute approximate surface area is 174 Å². The average molecular weight is 401 g/mol. The molecule has 0 spiro atoms. The number of aryl methyl sites for hydroxylation is 1. The highest BCUT2D eigenvalue weighted by Gasteiger charge is 2.16. The Bertz CT molecular complexity index is 1280. The van der Waals surface area contributed by atoms with Crippen molar-refractivity contribution in [2.75, 3.05) is 18.9 Å². The molecule has 1 atom stereocenters. The molecule has 4 aromatic rings. The van der Waals surface area contributed by atoms with Crippen LogP contribution in [0.2, 0.25) is 0 Å². The molecule has 30 heavy (non-hydrogen) atoms. The summed E-state index contributed by atoms with van der Waals surface area (Å²) in [4.78, 5) is 25.7. The van der Waals surface area contributed by atoms with E-state index < -0.39 is 0 Å². The zero-order chi connectivity index (χ0) is 21.1. The summed E-state index contributed by atoms with van der Waals surface area (Å²) in [6.45, 7) is 2.91. The van der Waals surface area contributed by atoms with E-state index >= 15 is 0 Å². The summed E-state index contributed by atoms with van der Waals surface area (Å²) < 4.78 is 5.43. The van der Waals surface area contributed by atoms with Crippen LogP contribution in [0.25, 0.3) is 21.7 Å². The van der Waals surface area contributed by atoms with Crippen LogP contribution >= 0.6 is 0 Å². The number of benzene rings is 3. The summed E-state index contributed by atoms with van der Waals surface area (Å²) in [7, 11) is 1.96. The monoisotopic (exact) mass is 401 g/mol. The molecule has 5 nitrogen and oxygen atoms in total. The predicted molar refractivity (Wildman–Crippen MR) is 120 cm³/mol. The molecule has 3 aromatic carbocycles. The van der Waals surface area contributed by atoms with E-state index in [-0.39, 0.29) is 11.5 Å². The Hall–Kier alpha value is -3.44. The van der Waals surface area contributed by atoms with Gasteiger partial charge in [0.25, 0.3) is 5.91 Å². The molecule has 1 amide bonds. The molecular formula is C25H25N2O3+. The lowest BCUT2D eigenvalue weighted by atomic mass is 10.0. The fourth-order valence-corrected chi connectivity index (χ4v) is 3.97. The molecule has 1 heterocycles. The van der Waals surface area contributed by atoms with Gasteiger partial charge < -0.3 is 14.6 Å². The SMILES string of the molecule is CCc1ccccc1NC(=O)C[NH+](C)Cc1cc(=O)oc2ccc3ccccc3c12. The fraction of sp³-hybridized carbons (Fsp3) is 0.200. The van der Waals surface area contributed by atoms with Crippen LogP contribution in [0.15, 0.2) is 75.9 Å². The van der Waals surface area contributed by atoms with E-state index in [0.29, 0.717) is 18.7 Å². The van der Waals surface area contributed by atoms with Crippen LogP contribution in [0.3, 0.4) is 0 Å². The first-order chi connectivity index (χ1) is 14.5. The van der Waals surface area contributed by atoms with Crippen LogP contribution in [-0.4, -0.2) is 19.5 Å². The van der Waals surface area contributed by atoms with Crippen molar-refractivity contribution in [2.45, 2.75) is 19.9 Å². The topological polar surface area (TPSA) is 63.8 Å². The number of quaternary nitrogens is 1. The van der Waals surface area contributed by atoms with E-state index in [1.807, 2.05) is 67.7 Å². The van der Waals surface area contributed by atoms with Crippen LogP contribution < -0.4 is 15.8 Å². The zero-order valence-electron chi connectivity index (χ0n) is 17.2. The molecule has 4 rings (SSSR count). The third kappa shape index (κ3) is 4.11. The minimum absolute atomic E-state index is 0.0504. The smallest absolute Gasteiger partial charge is 0.336 e.